The summed E-state index contributed by atoms with van der Waals surface area (Å²) in [5.41, 5.74) is 1.19. The lowest BCUT2D eigenvalue weighted by atomic mass is 9.97. The summed E-state index contributed by atoms with van der Waals surface area (Å²) in [6.07, 6.45) is 5.23. The van der Waals surface area contributed by atoms with Crippen molar-refractivity contribution in [3.05, 3.63) is 35.9 Å². The number of piperidine rings is 1. The fraction of sp³-hybridized carbons (Fsp3) is 0.625. The van der Waals surface area contributed by atoms with Crippen LogP contribution in [-0.4, -0.2) is 41.8 Å². The van der Waals surface area contributed by atoms with Crippen LogP contribution in [0.25, 0.3) is 0 Å². The molecule has 0 amide bonds. The monoisotopic (exact) mass is 260 g/mol. The third kappa shape index (κ3) is 2.83. The average Bonchev–Trinajstić information content (AvgIpc) is 2.89. The molecule has 2 N–H and O–H groups in total. The van der Waals surface area contributed by atoms with Gasteiger partial charge in [0.05, 0.1) is 12.6 Å². The van der Waals surface area contributed by atoms with Crippen molar-refractivity contribution in [1.29, 1.82) is 0 Å². The van der Waals surface area contributed by atoms with Gasteiger partial charge in [-0.15, -0.1) is 0 Å². The van der Waals surface area contributed by atoms with Gasteiger partial charge in [0.25, 0.3) is 0 Å². The number of nitrogens with zero attached hydrogens (tertiary/aromatic N) is 1. The molecule has 0 saturated carbocycles. The first-order valence-electron chi connectivity index (χ1n) is 7.54. The SMILES string of the molecule is OC[C@@H](NC1CCN2CCCCC12)c1ccccc1. The van der Waals surface area contributed by atoms with Crippen LogP contribution in [0.15, 0.2) is 30.3 Å². The summed E-state index contributed by atoms with van der Waals surface area (Å²) in [6, 6.07) is 11.6. The molecule has 2 heterocycles. The number of fused-ring (bicyclic) bond motifs is 1. The summed E-state index contributed by atoms with van der Waals surface area (Å²) in [4.78, 5) is 2.63. The smallest absolute Gasteiger partial charge is 0.0626 e. The van der Waals surface area contributed by atoms with Crippen molar-refractivity contribution in [2.45, 2.75) is 43.8 Å². The molecule has 2 saturated heterocycles. The van der Waals surface area contributed by atoms with Crippen molar-refractivity contribution in [1.82, 2.24) is 10.2 Å². The van der Waals surface area contributed by atoms with Crippen LogP contribution in [0.2, 0.25) is 0 Å². The molecule has 19 heavy (non-hydrogen) atoms. The highest BCUT2D eigenvalue weighted by Crippen LogP contribution is 2.28. The Kier molecular flexibility index (Phi) is 4.16. The Morgan fingerprint density at radius 2 is 2.00 bits per heavy atom. The van der Waals surface area contributed by atoms with E-state index in [9.17, 15) is 5.11 Å². The van der Waals surface area contributed by atoms with E-state index in [1.165, 1.54) is 44.3 Å². The molecule has 1 aromatic rings. The van der Waals surface area contributed by atoms with Gasteiger partial charge in [0.1, 0.15) is 0 Å². The Balaban J connectivity index is 1.66. The van der Waals surface area contributed by atoms with Gasteiger partial charge in [-0.2, -0.15) is 0 Å². The fourth-order valence-corrected chi connectivity index (χ4v) is 3.64. The zero-order valence-corrected chi connectivity index (χ0v) is 11.5. The summed E-state index contributed by atoms with van der Waals surface area (Å²) in [6.45, 7) is 2.65. The first-order chi connectivity index (χ1) is 9.38. The Bertz CT molecular complexity index is 395. The van der Waals surface area contributed by atoms with Crippen LogP contribution < -0.4 is 5.32 Å². The Morgan fingerprint density at radius 1 is 1.16 bits per heavy atom. The van der Waals surface area contributed by atoms with E-state index in [2.05, 4.69) is 22.3 Å². The van der Waals surface area contributed by atoms with Crippen molar-refractivity contribution in [3.8, 4) is 0 Å². The molecule has 3 heteroatoms. The molecular weight excluding hydrogens is 236 g/mol. The van der Waals surface area contributed by atoms with E-state index in [1.54, 1.807) is 0 Å². The quantitative estimate of drug-likeness (QED) is 0.868. The lowest BCUT2D eigenvalue weighted by molar-refractivity contribution is 0.165. The zero-order chi connectivity index (χ0) is 13.1. The van der Waals surface area contributed by atoms with Gasteiger partial charge >= 0.3 is 0 Å². The number of nitrogens with one attached hydrogen (secondary N) is 1. The average molecular weight is 260 g/mol. The molecule has 3 rings (SSSR count). The highest BCUT2D eigenvalue weighted by atomic mass is 16.3. The first kappa shape index (κ1) is 13.1. The molecule has 104 valence electrons. The van der Waals surface area contributed by atoms with E-state index < -0.39 is 0 Å². The number of hydrogen-bond donors (Lipinski definition) is 2. The number of hydrogen-bond acceptors (Lipinski definition) is 3. The van der Waals surface area contributed by atoms with Gasteiger partial charge in [-0.05, 0) is 31.4 Å². The van der Waals surface area contributed by atoms with Crippen LogP contribution in [0.5, 0.6) is 0 Å². The lowest BCUT2D eigenvalue weighted by Crippen LogP contribution is -2.46. The van der Waals surface area contributed by atoms with E-state index in [0.29, 0.717) is 12.1 Å². The minimum absolute atomic E-state index is 0.0769. The maximum Gasteiger partial charge on any atom is 0.0626 e. The maximum absolute atomic E-state index is 9.66. The normalized spacial score (nSPS) is 29.1. The van der Waals surface area contributed by atoms with E-state index >= 15 is 0 Å². The van der Waals surface area contributed by atoms with E-state index in [0.717, 1.165) is 0 Å². The van der Waals surface area contributed by atoms with Crippen molar-refractivity contribution >= 4 is 0 Å². The number of aliphatic hydroxyl groups is 1. The lowest BCUT2D eigenvalue weighted by Gasteiger charge is -2.34. The third-order valence-electron chi connectivity index (χ3n) is 4.66. The predicted molar refractivity (Wildman–Crippen MR) is 77.0 cm³/mol. The molecule has 1 aromatic carbocycles. The highest BCUT2D eigenvalue weighted by molar-refractivity contribution is 5.19. The van der Waals surface area contributed by atoms with Crippen LogP contribution >= 0.6 is 0 Å². The van der Waals surface area contributed by atoms with Crippen LogP contribution in [0, 0.1) is 0 Å². The second-order valence-electron chi connectivity index (χ2n) is 5.81. The van der Waals surface area contributed by atoms with Crippen molar-refractivity contribution < 1.29 is 5.11 Å². The minimum atomic E-state index is 0.0769. The molecule has 0 radical (unpaired) electrons. The van der Waals surface area contributed by atoms with Gasteiger partial charge in [-0.3, -0.25) is 4.90 Å². The van der Waals surface area contributed by atoms with Gasteiger partial charge in [-0.25, -0.2) is 0 Å². The van der Waals surface area contributed by atoms with Crippen LogP contribution in [-0.2, 0) is 0 Å². The van der Waals surface area contributed by atoms with E-state index in [4.69, 9.17) is 0 Å². The standard InChI is InChI=1S/C16H24N2O/c19-12-15(13-6-2-1-3-7-13)17-14-9-11-18-10-5-4-8-16(14)18/h1-3,6-7,14-17,19H,4-5,8-12H2/t14?,15-,16?/m1/s1. The minimum Gasteiger partial charge on any atom is -0.394 e. The molecule has 2 fully saturated rings. The van der Waals surface area contributed by atoms with Crippen molar-refractivity contribution in [3.63, 3.8) is 0 Å². The number of benzene rings is 1. The summed E-state index contributed by atoms with van der Waals surface area (Å²) >= 11 is 0. The number of rotatable bonds is 4. The molecule has 2 aliphatic rings. The molecule has 0 spiro atoms. The van der Waals surface area contributed by atoms with Gasteiger partial charge in [0.15, 0.2) is 0 Å². The van der Waals surface area contributed by atoms with Gasteiger partial charge < -0.3 is 10.4 Å². The molecule has 0 aromatic heterocycles. The Morgan fingerprint density at radius 3 is 2.79 bits per heavy atom. The van der Waals surface area contributed by atoms with Crippen LogP contribution in [0.1, 0.15) is 37.3 Å². The van der Waals surface area contributed by atoms with Crippen molar-refractivity contribution in [2.24, 2.45) is 0 Å². The molecule has 3 atom stereocenters. The summed E-state index contributed by atoms with van der Waals surface area (Å²) < 4.78 is 0. The molecule has 2 aliphatic heterocycles. The molecule has 0 bridgehead atoms. The Hall–Kier alpha value is -0.900. The Labute approximate surface area is 115 Å². The summed E-state index contributed by atoms with van der Waals surface area (Å²) in [5.74, 6) is 0. The first-order valence-corrected chi connectivity index (χ1v) is 7.54. The van der Waals surface area contributed by atoms with Crippen molar-refractivity contribution in [2.75, 3.05) is 19.7 Å². The summed E-state index contributed by atoms with van der Waals surface area (Å²) in [7, 11) is 0. The summed E-state index contributed by atoms with van der Waals surface area (Å²) in [5, 5.41) is 13.3. The highest BCUT2D eigenvalue weighted by Gasteiger charge is 2.36. The topological polar surface area (TPSA) is 35.5 Å². The van der Waals surface area contributed by atoms with Gasteiger partial charge in [-0.1, -0.05) is 36.8 Å². The molecule has 3 nitrogen and oxygen atoms in total. The van der Waals surface area contributed by atoms with E-state index in [1.807, 2.05) is 18.2 Å². The second-order valence-corrected chi connectivity index (χ2v) is 5.81. The molecule has 2 unspecified atom stereocenters. The van der Waals surface area contributed by atoms with Crippen LogP contribution in [0.3, 0.4) is 0 Å². The predicted octanol–water partition coefficient (Wildman–Crippen LogP) is 1.94. The fourth-order valence-electron chi connectivity index (χ4n) is 3.64. The number of aliphatic hydroxyl groups excluding tert-OH is 1. The van der Waals surface area contributed by atoms with Gasteiger partial charge in [0.2, 0.25) is 0 Å². The largest absolute Gasteiger partial charge is 0.394 e. The second kappa shape index (κ2) is 6.04. The van der Waals surface area contributed by atoms with Crippen LogP contribution in [0.4, 0.5) is 0 Å². The molecule has 0 aliphatic carbocycles. The van der Waals surface area contributed by atoms with E-state index in [-0.39, 0.29) is 12.6 Å². The zero-order valence-electron chi connectivity index (χ0n) is 11.5. The third-order valence-corrected chi connectivity index (χ3v) is 4.66. The molecular formula is C16H24N2O. The van der Waals surface area contributed by atoms with Gasteiger partial charge in [0, 0.05) is 18.6 Å². The maximum atomic E-state index is 9.66.